The largest absolute Gasteiger partial charge is 0.381 e. The van der Waals surface area contributed by atoms with Crippen molar-refractivity contribution in [1.82, 2.24) is 10.2 Å². The van der Waals surface area contributed by atoms with Crippen LogP contribution in [0.4, 0.5) is 0 Å². The molecular weight excluding hydrogens is 280 g/mol. The summed E-state index contributed by atoms with van der Waals surface area (Å²) in [4.78, 5) is 26.4. The predicted octanol–water partition coefficient (Wildman–Crippen LogP) is 1.71. The van der Waals surface area contributed by atoms with Crippen LogP contribution in [-0.2, 0) is 14.3 Å². The van der Waals surface area contributed by atoms with Crippen molar-refractivity contribution in [3.05, 3.63) is 0 Å². The second-order valence-corrected chi connectivity index (χ2v) is 7.08. The molecule has 0 aromatic carbocycles. The van der Waals surface area contributed by atoms with Gasteiger partial charge in [-0.1, -0.05) is 12.8 Å². The molecule has 0 spiro atoms. The Hall–Kier alpha value is -1.10. The zero-order valence-electron chi connectivity index (χ0n) is 13.4. The van der Waals surface area contributed by atoms with E-state index in [1.54, 1.807) is 0 Å². The Labute approximate surface area is 132 Å². The van der Waals surface area contributed by atoms with Gasteiger partial charge in [0.25, 0.3) is 0 Å². The Morgan fingerprint density at radius 2 is 1.77 bits per heavy atom. The maximum atomic E-state index is 12.4. The number of carbonyl (C=O) groups is 2. The molecule has 0 aromatic rings. The fraction of sp³-hybridized carbons (Fsp3) is 0.882. The van der Waals surface area contributed by atoms with Crippen LogP contribution in [0.15, 0.2) is 0 Å². The van der Waals surface area contributed by atoms with Crippen LogP contribution in [0.5, 0.6) is 0 Å². The highest BCUT2D eigenvalue weighted by atomic mass is 16.5. The summed E-state index contributed by atoms with van der Waals surface area (Å²) >= 11 is 0. The lowest BCUT2D eigenvalue weighted by Crippen LogP contribution is -2.48. The summed E-state index contributed by atoms with van der Waals surface area (Å²) in [6.07, 6.45) is 7.92. The monoisotopic (exact) mass is 308 g/mol. The SMILES string of the molecule is O=C(CC1CCOC1)NC1CCN(C(=O)C2CCCC2)CC1. The first kappa shape index (κ1) is 15.8. The van der Waals surface area contributed by atoms with Crippen LogP contribution < -0.4 is 5.32 Å². The third kappa shape index (κ3) is 4.00. The fourth-order valence-corrected chi connectivity index (χ4v) is 3.97. The minimum absolute atomic E-state index is 0.149. The normalized spacial score (nSPS) is 27.3. The van der Waals surface area contributed by atoms with Crippen molar-refractivity contribution in [2.75, 3.05) is 26.3 Å². The van der Waals surface area contributed by atoms with Gasteiger partial charge in [0.2, 0.25) is 11.8 Å². The molecule has 3 fully saturated rings. The summed E-state index contributed by atoms with van der Waals surface area (Å²) in [5.41, 5.74) is 0. The number of nitrogens with one attached hydrogen (secondary N) is 1. The number of ether oxygens (including phenoxy) is 1. The van der Waals surface area contributed by atoms with Gasteiger partial charge < -0.3 is 15.0 Å². The summed E-state index contributed by atoms with van der Waals surface area (Å²) in [7, 11) is 0. The molecule has 2 amide bonds. The lowest BCUT2D eigenvalue weighted by Gasteiger charge is -2.34. The third-order valence-corrected chi connectivity index (χ3v) is 5.37. The zero-order valence-corrected chi connectivity index (χ0v) is 13.4. The number of rotatable bonds is 4. The van der Waals surface area contributed by atoms with E-state index in [0.29, 0.717) is 18.2 Å². The van der Waals surface area contributed by atoms with Gasteiger partial charge in [-0.25, -0.2) is 0 Å². The standard InChI is InChI=1S/C17H28N2O3/c20-16(11-13-7-10-22-12-13)18-15-5-8-19(9-6-15)17(21)14-3-1-2-4-14/h13-15H,1-12H2,(H,18,20). The first-order valence-corrected chi connectivity index (χ1v) is 8.88. The Morgan fingerprint density at radius 3 is 2.41 bits per heavy atom. The molecule has 1 N–H and O–H groups in total. The number of amides is 2. The van der Waals surface area contributed by atoms with E-state index in [2.05, 4.69) is 5.32 Å². The van der Waals surface area contributed by atoms with Crippen molar-refractivity contribution in [1.29, 1.82) is 0 Å². The predicted molar refractivity (Wildman–Crippen MR) is 83.2 cm³/mol. The molecule has 22 heavy (non-hydrogen) atoms. The van der Waals surface area contributed by atoms with Gasteiger partial charge in [0.1, 0.15) is 0 Å². The highest BCUT2D eigenvalue weighted by Crippen LogP contribution is 2.27. The number of hydrogen-bond donors (Lipinski definition) is 1. The molecule has 5 nitrogen and oxygen atoms in total. The summed E-state index contributed by atoms with van der Waals surface area (Å²) in [5, 5.41) is 3.14. The minimum Gasteiger partial charge on any atom is -0.381 e. The number of likely N-dealkylation sites (tertiary alicyclic amines) is 1. The summed E-state index contributed by atoms with van der Waals surface area (Å²) in [6.45, 7) is 3.11. The molecule has 3 rings (SSSR count). The molecule has 5 heteroatoms. The van der Waals surface area contributed by atoms with Crippen molar-refractivity contribution in [3.63, 3.8) is 0 Å². The van der Waals surface area contributed by atoms with Crippen LogP contribution in [0.25, 0.3) is 0 Å². The van der Waals surface area contributed by atoms with Crippen LogP contribution in [0, 0.1) is 11.8 Å². The Bertz CT molecular complexity index is 393. The summed E-state index contributed by atoms with van der Waals surface area (Å²) in [5.74, 6) is 1.17. The maximum absolute atomic E-state index is 12.4. The van der Waals surface area contributed by atoms with Gasteiger partial charge in [0, 0.05) is 44.7 Å². The van der Waals surface area contributed by atoms with Gasteiger partial charge in [-0.05, 0) is 38.0 Å². The lowest BCUT2D eigenvalue weighted by molar-refractivity contribution is -0.136. The quantitative estimate of drug-likeness (QED) is 0.860. The van der Waals surface area contributed by atoms with Crippen LogP contribution in [0.1, 0.15) is 51.4 Å². The Balaban J connectivity index is 1.37. The molecule has 2 aliphatic heterocycles. The molecule has 2 saturated heterocycles. The molecular formula is C17H28N2O3. The molecule has 0 bridgehead atoms. The zero-order chi connectivity index (χ0) is 15.4. The third-order valence-electron chi connectivity index (χ3n) is 5.37. The van der Waals surface area contributed by atoms with E-state index < -0.39 is 0 Å². The Morgan fingerprint density at radius 1 is 1.05 bits per heavy atom. The second kappa shape index (κ2) is 7.44. The van der Waals surface area contributed by atoms with Gasteiger partial charge in [-0.15, -0.1) is 0 Å². The second-order valence-electron chi connectivity index (χ2n) is 7.08. The molecule has 0 radical (unpaired) electrons. The fourth-order valence-electron chi connectivity index (χ4n) is 3.97. The molecule has 1 atom stereocenters. The van der Waals surface area contributed by atoms with E-state index in [4.69, 9.17) is 4.74 Å². The van der Waals surface area contributed by atoms with E-state index in [1.807, 2.05) is 4.90 Å². The first-order valence-electron chi connectivity index (χ1n) is 8.88. The first-order chi connectivity index (χ1) is 10.7. The Kier molecular flexibility index (Phi) is 5.34. The van der Waals surface area contributed by atoms with Crippen molar-refractivity contribution in [2.45, 2.75) is 57.4 Å². The molecule has 1 unspecified atom stereocenters. The number of hydrogen-bond acceptors (Lipinski definition) is 3. The van der Waals surface area contributed by atoms with E-state index in [0.717, 1.165) is 58.4 Å². The van der Waals surface area contributed by atoms with Crippen molar-refractivity contribution >= 4 is 11.8 Å². The molecule has 1 aliphatic carbocycles. The molecule has 3 aliphatic rings. The van der Waals surface area contributed by atoms with Crippen molar-refractivity contribution in [2.24, 2.45) is 11.8 Å². The molecule has 2 heterocycles. The van der Waals surface area contributed by atoms with Crippen molar-refractivity contribution in [3.8, 4) is 0 Å². The van der Waals surface area contributed by atoms with E-state index in [1.165, 1.54) is 12.8 Å². The van der Waals surface area contributed by atoms with Crippen LogP contribution >= 0.6 is 0 Å². The molecule has 124 valence electrons. The smallest absolute Gasteiger partial charge is 0.225 e. The summed E-state index contributed by atoms with van der Waals surface area (Å²) in [6, 6.07) is 0.238. The molecule has 1 saturated carbocycles. The summed E-state index contributed by atoms with van der Waals surface area (Å²) < 4.78 is 5.31. The van der Waals surface area contributed by atoms with Crippen LogP contribution in [0.2, 0.25) is 0 Å². The average Bonchev–Trinajstić information content (AvgIpc) is 3.20. The number of nitrogens with zero attached hydrogens (tertiary/aromatic N) is 1. The highest BCUT2D eigenvalue weighted by Gasteiger charge is 2.30. The van der Waals surface area contributed by atoms with Crippen LogP contribution in [0.3, 0.4) is 0 Å². The van der Waals surface area contributed by atoms with E-state index in [9.17, 15) is 9.59 Å². The number of piperidine rings is 1. The van der Waals surface area contributed by atoms with Gasteiger partial charge in [-0.3, -0.25) is 9.59 Å². The van der Waals surface area contributed by atoms with Crippen LogP contribution in [-0.4, -0.2) is 49.1 Å². The van der Waals surface area contributed by atoms with Gasteiger partial charge >= 0.3 is 0 Å². The van der Waals surface area contributed by atoms with Gasteiger partial charge in [0.05, 0.1) is 0 Å². The average molecular weight is 308 g/mol. The highest BCUT2D eigenvalue weighted by molar-refractivity contribution is 5.79. The number of carbonyl (C=O) groups excluding carboxylic acids is 2. The lowest BCUT2D eigenvalue weighted by atomic mass is 10.00. The topological polar surface area (TPSA) is 58.6 Å². The molecule has 0 aromatic heterocycles. The maximum Gasteiger partial charge on any atom is 0.225 e. The van der Waals surface area contributed by atoms with Gasteiger partial charge in [0.15, 0.2) is 0 Å². The van der Waals surface area contributed by atoms with Crippen molar-refractivity contribution < 1.29 is 14.3 Å². The van der Waals surface area contributed by atoms with E-state index >= 15 is 0 Å². The van der Waals surface area contributed by atoms with Gasteiger partial charge in [-0.2, -0.15) is 0 Å². The minimum atomic E-state index is 0.149. The van der Waals surface area contributed by atoms with E-state index in [-0.39, 0.29) is 17.9 Å².